The van der Waals surface area contributed by atoms with E-state index in [0.29, 0.717) is 12.6 Å². The van der Waals surface area contributed by atoms with Crippen LogP contribution in [0.1, 0.15) is 38.4 Å². The Hall–Kier alpha value is -1.07. The molecule has 0 amide bonds. The van der Waals surface area contributed by atoms with Gasteiger partial charge < -0.3 is 5.11 Å². The van der Waals surface area contributed by atoms with Crippen molar-refractivity contribution in [2.24, 2.45) is 5.92 Å². The molecule has 1 saturated heterocycles. The number of aliphatic carboxylic acids is 1. The highest BCUT2D eigenvalue weighted by molar-refractivity contribution is 5.85. The predicted octanol–water partition coefficient (Wildman–Crippen LogP) is 2.18. The fourth-order valence-electron chi connectivity index (χ4n) is 2.38. The van der Waals surface area contributed by atoms with Crippen LogP contribution in [0.5, 0.6) is 0 Å². The maximum Gasteiger partial charge on any atom is 0.307 e. The van der Waals surface area contributed by atoms with E-state index in [1.165, 1.54) is 0 Å². The summed E-state index contributed by atoms with van der Waals surface area (Å²) in [6.45, 7) is 6.56. The first kappa shape index (κ1) is 16.0. The highest BCUT2D eigenvalue weighted by Gasteiger charge is 2.25. The Kier molecular flexibility index (Phi) is 5.82. The van der Waals surface area contributed by atoms with Crippen LogP contribution in [0.2, 0.25) is 0 Å². The molecule has 0 aliphatic carbocycles. The lowest BCUT2D eigenvalue weighted by molar-refractivity contribution is -0.143. The van der Waals surface area contributed by atoms with Crippen molar-refractivity contribution >= 4 is 18.4 Å². The number of carboxylic acid groups (broad SMARTS) is 1. The van der Waals surface area contributed by atoms with E-state index in [-0.39, 0.29) is 18.3 Å². The van der Waals surface area contributed by atoms with Crippen molar-refractivity contribution in [3.63, 3.8) is 0 Å². The topological polar surface area (TPSA) is 58.4 Å². The van der Waals surface area contributed by atoms with E-state index in [4.69, 9.17) is 5.11 Å². The molecule has 1 aliphatic heterocycles. The second kappa shape index (κ2) is 6.91. The summed E-state index contributed by atoms with van der Waals surface area (Å²) in [5.41, 5.74) is 1.02. The maximum absolute atomic E-state index is 11.0. The minimum atomic E-state index is -0.674. The first-order chi connectivity index (χ1) is 8.56. The fourth-order valence-corrected chi connectivity index (χ4v) is 2.38. The molecule has 0 radical (unpaired) electrons. The Labute approximate surface area is 120 Å². The van der Waals surface area contributed by atoms with Crippen LogP contribution in [-0.2, 0) is 11.3 Å². The Balaban J connectivity index is 0.00000180. The average Bonchev–Trinajstić information content (AvgIpc) is 2.78. The van der Waals surface area contributed by atoms with E-state index in [1.807, 2.05) is 16.9 Å². The van der Waals surface area contributed by atoms with Crippen LogP contribution in [0.4, 0.5) is 0 Å². The lowest BCUT2D eigenvalue weighted by atomic mass is 9.98. The van der Waals surface area contributed by atoms with Gasteiger partial charge in [-0.25, -0.2) is 0 Å². The van der Waals surface area contributed by atoms with Gasteiger partial charge >= 0.3 is 5.97 Å². The molecule has 5 nitrogen and oxygen atoms in total. The van der Waals surface area contributed by atoms with Gasteiger partial charge in [0.1, 0.15) is 0 Å². The Morgan fingerprint density at radius 1 is 1.58 bits per heavy atom. The minimum Gasteiger partial charge on any atom is -0.481 e. The highest BCUT2D eigenvalue weighted by Crippen LogP contribution is 2.18. The SMILES string of the molecule is CC(C)n1ccc(CN2CCCC(C(=O)O)C2)n1.Cl. The van der Waals surface area contributed by atoms with Gasteiger partial charge in [-0.15, -0.1) is 12.4 Å². The molecule has 0 aromatic carbocycles. The summed E-state index contributed by atoms with van der Waals surface area (Å²) in [5, 5.41) is 13.6. The molecule has 108 valence electrons. The molecule has 1 aromatic rings. The monoisotopic (exact) mass is 287 g/mol. The van der Waals surface area contributed by atoms with E-state index in [2.05, 4.69) is 23.8 Å². The summed E-state index contributed by atoms with van der Waals surface area (Å²) in [6.07, 6.45) is 3.74. The summed E-state index contributed by atoms with van der Waals surface area (Å²) >= 11 is 0. The number of piperidine rings is 1. The van der Waals surface area contributed by atoms with Crippen LogP contribution in [0, 0.1) is 5.92 Å². The van der Waals surface area contributed by atoms with Crippen LogP contribution < -0.4 is 0 Å². The van der Waals surface area contributed by atoms with E-state index in [9.17, 15) is 4.79 Å². The lowest BCUT2D eigenvalue weighted by Crippen LogP contribution is -2.38. The van der Waals surface area contributed by atoms with Gasteiger partial charge in [0.2, 0.25) is 0 Å². The van der Waals surface area contributed by atoms with Crippen molar-refractivity contribution in [2.45, 2.75) is 39.3 Å². The van der Waals surface area contributed by atoms with Gasteiger partial charge in [-0.2, -0.15) is 5.10 Å². The molecule has 1 N–H and O–H groups in total. The van der Waals surface area contributed by atoms with Crippen LogP contribution in [0.15, 0.2) is 12.3 Å². The number of nitrogens with zero attached hydrogens (tertiary/aromatic N) is 3. The third-order valence-corrected chi connectivity index (χ3v) is 3.43. The molecule has 2 rings (SSSR count). The Bertz CT molecular complexity index is 420. The van der Waals surface area contributed by atoms with Gasteiger partial charge in [0.05, 0.1) is 11.6 Å². The number of hydrogen-bond acceptors (Lipinski definition) is 3. The van der Waals surface area contributed by atoms with Gasteiger partial charge in [-0.05, 0) is 39.3 Å². The van der Waals surface area contributed by atoms with Crippen molar-refractivity contribution in [1.82, 2.24) is 14.7 Å². The van der Waals surface area contributed by atoms with Crippen molar-refractivity contribution < 1.29 is 9.90 Å². The van der Waals surface area contributed by atoms with Crippen LogP contribution in [0.3, 0.4) is 0 Å². The summed E-state index contributed by atoms with van der Waals surface area (Å²) in [6, 6.07) is 2.39. The van der Waals surface area contributed by atoms with Gasteiger partial charge in [-0.3, -0.25) is 14.4 Å². The summed E-state index contributed by atoms with van der Waals surface area (Å²) in [4.78, 5) is 13.2. The van der Waals surface area contributed by atoms with Crippen molar-refractivity contribution in [3.05, 3.63) is 18.0 Å². The van der Waals surface area contributed by atoms with E-state index in [0.717, 1.165) is 31.6 Å². The molecule has 2 heterocycles. The van der Waals surface area contributed by atoms with E-state index >= 15 is 0 Å². The van der Waals surface area contributed by atoms with E-state index in [1.54, 1.807) is 0 Å². The minimum absolute atomic E-state index is 0. The van der Waals surface area contributed by atoms with Gasteiger partial charge in [0.25, 0.3) is 0 Å². The molecular weight excluding hydrogens is 266 g/mol. The largest absolute Gasteiger partial charge is 0.481 e. The number of hydrogen-bond donors (Lipinski definition) is 1. The van der Waals surface area contributed by atoms with Gasteiger partial charge in [0, 0.05) is 25.3 Å². The van der Waals surface area contributed by atoms with Crippen LogP contribution in [-0.4, -0.2) is 38.8 Å². The smallest absolute Gasteiger partial charge is 0.307 e. The average molecular weight is 288 g/mol. The zero-order chi connectivity index (χ0) is 13.1. The standard InChI is InChI=1S/C13H21N3O2.ClH/c1-10(2)16-7-5-12(14-16)9-15-6-3-4-11(8-15)13(17)18;/h5,7,10-11H,3-4,6,8-9H2,1-2H3,(H,17,18);1H. The van der Waals surface area contributed by atoms with E-state index < -0.39 is 5.97 Å². The third kappa shape index (κ3) is 4.21. The van der Waals surface area contributed by atoms with Crippen molar-refractivity contribution in [3.8, 4) is 0 Å². The predicted molar refractivity (Wildman–Crippen MR) is 75.5 cm³/mol. The Morgan fingerprint density at radius 2 is 2.32 bits per heavy atom. The molecule has 0 bridgehead atoms. The molecular formula is C13H22ClN3O2. The van der Waals surface area contributed by atoms with Crippen molar-refractivity contribution in [1.29, 1.82) is 0 Å². The molecule has 1 fully saturated rings. The number of carboxylic acids is 1. The highest BCUT2D eigenvalue weighted by atomic mass is 35.5. The molecule has 1 unspecified atom stereocenters. The quantitative estimate of drug-likeness (QED) is 0.922. The lowest BCUT2D eigenvalue weighted by Gasteiger charge is -2.29. The zero-order valence-electron chi connectivity index (χ0n) is 11.5. The summed E-state index contributed by atoms with van der Waals surface area (Å²) in [5.74, 6) is -0.890. The molecule has 1 aromatic heterocycles. The first-order valence-electron chi connectivity index (χ1n) is 6.55. The maximum atomic E-state index is 11.0. The molecule has 0 spiro atoms. The second-order valence-corrected chi connectivity index (χ2v) is 5.29. The zero-order valence-corrected chi connectivity index (χ0v) is 12.3. The first-order valence-corrected chi connectivity index (χ1v) is 6.55. The van der Waals surface area contributed by atoms with Gasteiger partial charge in [0.15, 0.2) is 0 Å². The van der Waals surface area contributed by atoms with Gasteiger partial charge in [-0.1, -0.05) is 0 Å². The van der Waals surface area contributed by atoms with Crippen LogP contribution >= 0.6 is 12.4 Å². The number of halogens is 1. The Morgan fingerprint density at radius 3 is 2.89 bits per heavy atom. The second-order valence-electron chi connectivity index (χ2n) is 5.29. The van der Waals surface area contributed by atoms with Crippen LogP contribution in [0.25, 0.3) is 0 Å². The molecule has 6 heteroatoms. The van der Waals surface area contributed by atoms with Crippen molar-refractivity contribution in [2.75, 3.05) is 13.1 Å². The fraction of sp³-hybridized carbons (Fsp3) is 0.692. The molecule has 0 saturated carbocycles. The third-order valence-electron chi connectivity index (χ3n) is 3.43. The normalized spacial score (nSPS) is 20.3. The summed E-state index contributed by atoms with van der Waals surface area (Å²) in [7, 11) is 0. The molecule has 19 heavy (non-hydrogen) atoms. The molecule has 1 atom stereocenters. The summed E-state index contributed by atoms with van der Waals surface area (Å²) < 4.78 is 1.94. The number of carbonyl (C=O) groups is 1. The molecule has 1 aliphatic rings. The number of likely N-dealkylation sites (tertiary alicyclic amines) is 1. The number of rotatable bonds is 4. The number of aromatic nitrogens is 2.